The highest BCUT2D eigenvalue weighted by molar-refractivity contribution is 5.92. The minimum Gasteiger partial charge on any atom is -0.493 e. The largest absolute Gasteiger partial charge is 0.493 e. The molecule has 0 aliphatic carbocycles. The molecule has 2 aromatic carbocycles. The van der Waals surface area contributed by atoms with Crippen LogP contribution >= 0.6 is 0 Å². The van der Waals surface area contributed by atoms with Gasteiger partial charge in [-0.1, -0.05) is 24.3 Å². The van der Waals surface area contributed by atoms with E-state index in [1.807, 2.05) is 48.5 Å². The van der Waals surface area contributed by atoms with E-state index in [9.17, 15) is 0 Å². The zero-order chi connectivity index (χ0) is 16.2. The standard InChI is InChI=1S/C19H18N2O2/c1-22-18-11-16-14(6-3-13-4-7-15(20)8-5-13)9-10-21-17(16)12-19(18)23-2/h3-12H,20H2,1-2H3/b6-3-. The first-order valence-electron chi connectivity index (χ1n) is 7.25. The van der Waals surface area contributed by atoms with Crippen LogP contribution in [-0.4, -0.2) is 19.2 Å². The molecule has 0 unspecified atom stereocenters. The second-order valence-corrected chi connectivity index (χ2v) is 5.12. The number of nitrogen functional groups attached to an aromatic ring is 1. The maximum absolute atomic E-state index is 5.71. The molecule has 0 bridgehead atoms. The lowest BCUT2D eigenvalue weighted by molar-refractivity contribution is 0.356. The van der Waals surface area contributed by atoms with Crippen LogP contribution in [0.5, 0.6) is 11.5 Å². The molecule has 0 aliphatic rings. The average Bonchev–Trinajstić information content (AvgIpc) is 2.60. The summed E-state index contributed by atoms with van der Waals surface area (Å²) in [6.45, 7) is 0. The van der Waals surface area contributed by atoms with Crippen molar-refractivity contribution in [2.45, 2.75) is 0 Å². The van der Waals surface area contributed by atoms with Crippen molar-refractivity contribution in [3.05, 3.63) is 59.8 Å². The van der Waals surface area contributed by atoms with Gasteiger partial charge in [0.25, 0.3) is 0 Å². The molecule has 0 spiro atoms. The van der Waals surface area contributed by atoms with E-state index in [2.05, 4.69) is 11.1 Å². The first kappa shape index (κ1) is 14.9. The Labute approximate surface area is 135 Å². The van der Waals surface area contributed by atoms with Gasteiger partial charge in [0, 0.05) is 23.3 Å². The summed E-state index contributed by atoms with van der Waals surface area (Å²) in [5, 5.41) is 1.01. The van der Waals surface area contributed by atoms with Crippen LogP contribution in [0.25, 0.3) is 23.1 Å². The molecule has 0 saturated carbocycles. The number of nitrogens with two attached hydrogens (primary N) is 1. The third-order valence-electron chi connectivity index (χ3n) is 3.67. The van der Waals surface area contributed by atoms with Crippen molar-refractivity contribution < 1.29 is 9.47 Å². The Bertz CT molecular complexity index is 855. The number of pyridine rings is 1. The second-order valence-electron chi connectivity index (χ2n) is 5.12. The van der Waals surface area contributed by atoms with Crippen molar-refractivity contribution in [3.8, 4) is 11.5 Å². The lowest BCUT2D eigenvalue weighted by atomic mass is 10.1. The van der Waals surface area contributed by atoms with Gasteiger partial charge in [0.05, 0.1) is 19.7 Å². The van der Waals surface area contributed by atoms with Crippen molar-refractivity contribution in [2.24, 2.45) is 0 Å². The van der Waals surface area contributed by atoms with E-state index in [1.54, 1.807) is 20.4 Å². The van der Waals surface area contributed by atoms with Crippen LogP contribution in [0.4, 0.5) is 5.69 Å². The SMILES string of the molecule is COc1cc2nccc(/C=C\c3ccc(N)cc3)c2cc1OC. The van der Waals surface area contributed by atoms with E-state index in [1.165, 1.54) is 0 Å². The fourth-order valence-corrected chi connectivity index (χ4v) is 2.43. The molecule has 0 fully saturated rings. The van der Waals surface area contributed by atoms with Gasteiger partial charge in [0.1, 0.15) is 0 Å². The molecule has 0 saturated heterocycles. The van der Waals surface area contributed by atoms with Gasteiger partial charge in [0.2, 0.25) is 0 Å². The molecule has 116 valence electrons. The maximum atomic E-state index is 5.71. The summed E-state index contributed by atoms with van der Waals surface area (Å²) in [6.07, 6.45) is 5.89. The van der Waals surface area contributed by atoms with Crippen LogP contribution < -0.4 is 15.2 Å². The predicted molar refractivity (Wildman–Crippen MR) is 94.6 cm³/mol. The van der Waals surface area contributed by atoms with Crippen molar-refractivity contribution in [2.75, 3.05) is 20.0 Å². The van der Waals surface area contributed by atoms with Gasteiger partial charge in [-0.15, -0.1) is 0 Å². The smallest absolute Gasteiger partial charge is 0.162 e. The van der Waals surface area contributed by atoms with E-state index in [0.29, 0.717) is 11.5 Å². The van der Waals surface area contributed by atoms with E-state index in [0.717, 1.165) is 27.7 Å². The molecule has 4 heteroatoms. The summed E-state index contributed by atoms with van der Waals surface area (Å²) < 4.78 is 10.7. The van der Waals surface area contributed by atoms with Crippen molar-refractivity contribution >= 4 is 28.7 Å². The van der Waals surface area contributed by atoms with E-state index in [4.69, 9.17) is 15.2 Å². The molecule has 2 N–H and O–H groups in total. The Balaban J connectivity index is 2.05. The fraction of sp³-hybridized carbons (Fsp3) is 0.105. The number of hydrogen-bond donors (Lipinski definition) is 1. The zero-order valence-electron chi connectivity index (χ0n) is 13.1. The lowest BCUT2D eigenvalue weighted by Gasteiger charge is -2.10. The van der Waals surface area contributed by atoms with Gasteiger partial charge in [0.15, 0.2) is 11.5 Å². The van der Waals surface area contributed by atoms with Crippen LogP contribution in [-0.2, 0) is 0 Å². The summed E-state index contributed by atoms with van der Waals surface area (Å²) in [5.74, 6) is 1.36. The number of aromatic nitrogens is 1. The number of fused-ring (bicyclic) bond motifs is 1. The normalized spacial score (nSPS) is 11.0. The molecule has 1 aromatic heterocycles. The molecular formula is C19H18N2O2. The van der Waals surface area contributed by atoms with E-state index < -0.39 is 0 Å². The molecule has 3 rings (SSSR count). The first-order chi connectivity index (χ1) is 11.2. The Kier molecular flexibility index (Phi) is 4.15. The highest BCUT2D eigenvalue weighted by atomic mass is 16.5. The number of methoxy groups -OCH3 is 2. The molecule has 23 heavy (non-hydrogen) atoms. The Hall–Kier alpha value is -3.01. The number of rotatable bonds is 4. The van der Waals surface area contributed by atoms with Crippen molar-refractivity contribution in [1.82, 2.24) is 4.98 Å². The Morgan fingerprint density at radius 1 is 0.913 bits per heavy atom. The quantitative estimate of drug-likeness (QED) is 0.740. The Morgan fingerprint density at radius 2 is 1.61 bits per heavy atom. The number of anilines is 1. The maximum Gasteiger partial charge on any atom is 0.162 e. The van der Waals surface area contributed by atoms with Gasteiger partial charge in [-0.2, -0.15) is 0 Å². The van der Waals surface area contributed by atoms with Crippen molar-refractivity contribution in [1.29, 1.82) is 0 Å². The van der Waals surface area contributed by atoms with Gasteiger partial charge in [-0.3, -0.25) is 4.98 Å². The fourth-order valence-electron chi connectivity index (χ4n) is 2.43. The average molecular weight is 306 g/mol. The summed E-state index contributed by atoms with van der Waals surface area (Å²) in [4.78, 5) is 4.41. The van der Waals surface area contributed by atoms with Gasteiger partial charge in [-0.25, -0.2) is 0 Å². The van der Waals surface area contributed by atoms with Crippen LogP contribution in [0.15, 0.2) is 48.7 Å². The minimum absolute atomic E-state index is 0.673. The monoisotopic (exact) mass is 306 g/mol. The van der Waals surface area contributed by atoms with Crippen LogP contribution in [0, 0.1) is 0 Å². The number of ether oxygens (including phenoxy) is 2. The molecule has 4 nitrogen and oxygen atoms in total. The van der Waals surface area contributed by atoms with Crippen LogP contribution in [0.1, 0.15) is 11.1 Å². The zero-order valence-corrected chi connectivity index (χ0v) is 13.1. The molecular weight excluding hydrogens is 288 g/mol. The molecule has 1 heterocycles. The van der Waals surface area contributed by atoms with Gasteiger partial charge >= 0.3 is 0 Å². The number of benzene rings is 2. The highest BCUT2D eigenvalue weighted by Crippen LogP contribution is 2.33. The van der Waals surface area contributed by atoms with Gasteiger partial charge < -0.3 is 15.2 Å². The molecule has 3 aromatic rings. The summed E-state index contributed by atoms with van der Waals surface area (Å²) >= 11 is 0. The van der Waals surface area contributed by atoms with Crippen molar-refractivity contribution in [3.63, 3.8) is 0 Å². The molecule has 0 amide bonds. The topological polar surface area (TPSA) is 57.4 Å². The molecule has 0 radical (unpaired) electrons. The molecule has 0 aliphatic heterocycles. The van der Waals surface area contributed by atoms with E-state index >= 15 is 0 Å². The Morgan fingerprint density at radius 3 is 2.30 bits per heavy atom. The van der Waals surface area contributed by atoms with E-state index in [-0.39, 0.29) is 0 Å². The number of nitrogens with zero attached hydrogens (tertiary/aromatic N) is 1. The van der Waals surface area contributed by atoms with Gasteiger partial charge in [-0.05, 0) is 35.4 Å². The predicted octanol–water partition coefficient (Wildman–Crippen LogP) is 4.00. The van der Waals surface area contributed by atoms with Crippen LogP contribution in [0.3, 0.4) is 0 Å². The first-order valence-corrected chi connectivity index (χ1v) is 7.25. The lowest BCUT2D eigenvalue weighted by Crippen LogP contribution is -1.92. The highest BCUT2D eigenvalue weighted by Gasteiger charge is 2.08. The third-order valence-corrected chi connectivity index (χ3v) is 3.67. The molecule has 0 atom stereocenters. The third kappa shape index (κ3) is 3.11. The summed E-state index contributed by atoms with van der Waals surface area (Å²) in [6, 6.07) is 13.6. The van der Waals surface area contributed by atoms with Crippen LogP contribution in [0.2, 0.25) is 0 Å². The minimum atomic E-state index is 0.673. The second kappa shape index (κ2) is 6.40. The summed E-state index contributed by atoms with van der Waals surface area (Å²) in [5.41, 5.74) is 9.48. The number of hydrogen-bond acceptors (Lipinski definition) is 4. The summed E-state index contributed by atoms with van der Waals surface area (Å²) in [7, 11) is 3.25.